The Morgan fingerprint density at radius 1 is 1.41 bits per heavy atom. The number of thiophene rings is 1. The Morgan fingerprint density at radius 3 is 2.82 bits per heavy atom. The van der Waals surface area contributed by atoms with Crippen LogP contribution in [0.5, 0.6) is 0 Å². The largest absolute Gasteiger partial charge is 0.319 e. The predicted octanol–water partition coefficient (Wildman–Crippen LogP) is 3.77. The van der Waals surface area contributed by atoms with Crippen molar-refractivity contribution in [3.8, 4) is 10.6 Å². The molecule has 1 fully saturated rings. The quantitative estimate of drug-likeness (QED) is 0.916. The third kappa shape index (κ3) is 1.94. The van der Waals surface area contributed by atoms with Gasteiger partial charge in [0.15, 0.2) is 0 Å². The molecule has 4 heteroatoms. The van der Waals surface area contributed by atoms with E-state index in [2.05, 4.69) is 24.4 Å². The van der Waals surface area contributed by atoms with E-state index in [4.69, 9.17) is 10.7 Å². The maximum absolute atomic E-state index is 6.30. The number of aromatic nitrogens is 1. The molecular weight excluding hydrogens is 248 g/mol. The Labute approximate surface area is 110 Å². The molecule has 0 radical (unpaired) electrons. The molecule has 0 bridgehead atoms. The second-order valence-corrected chi connectivity index (χ2v) is 6.69. The highest BCUT2D eigenvalue weighted by molar-refractivity contribution is 7.16. The number of rotatable bonds is 3. The van der Waals surface area contributed by atoms with Crippen LogP contribution in [0.1, 0.15) is 36.1 Å². The standard InChI is InChI=1S/C13H16N2S2/c1-2-9-4-5-11(17-9)10-8-16-12(15-10)13(14)6-3-7-13/h4-5,8H,2-3,6-7,14H2,1H3. The van der Waals surface area contributed by atoms with E-state index in [0.717, 1.165) is 30.0 Å². The first kappa shape index (κ1) is 11.4. The van der Waals surface area contributed by atoms with E-state index >= 15 is 0 Å². The molecule has 0 aromatic carbocycles. The Morgan fingerprint density at radius 2 is 2.24 bits per heavy atom. The van der Waals surface area contributed by atoms with Gasteiger partial charge in [-0.2, -0.15) is 0 Å². The van der Waals surface area contributed by atoms with Gasteiger partial charge >= 0.3 is 0 Å². The Hall–Kier alpha value is -0.710. The van der Waals surface area contributed by atoms with Crippen molar-refractivity contribution in [3.05, 3.63) is 27.4 Å². The summed E-state index contributed by atoms with van der Waals surface area (Å²) in [6.45, 7) is 2.19. The zero-order valence-corrected chi connectivity index (χ0v) is 11.5. The van der Waals surface area contributed by atoms with Crippen molar-refractivity contribution in [1.82, 2.24) is 4.98 Å². The predicted molar refractivity (Wildman–Crippen MR) is 74.5 cm³/mol. The van der Waals surface area contributed by atoms with Gasteiger partial charge in [0, 0.05) is 10.3 Å². The second kappa shape index (κ2) is 4.19. The molecule has 2 aromatic rings. The van der Waals surface area contributed by atoms with Crippen LogP contribution in [0.2, 0.25) is 0 Å². The Kier molecular flexibility index (Phi) is 2.81. The molecule has 1 aliphatic rings. The van der Waals surface area contributed by atoms with Gasteiger partial charge < -0.3 is 5.73 Å². The lowest BCUT2D eigenvalue weighted by Gasteiger charge is -2.35. The van der Waals surface area contributed by atoms with E-state index in [-0.39, 0.29) is 5.54 Å². The summed E-state index contributed by atoms with van der Waals surface area (Å²) in [7, 11) is 0. The van der Waals surface area contributed by atoms with Gasteiger partial charge in [0.05, 0.1) is 16.1 Å². The fourth-order valence-corrected chi connectivity index (χ4v) is 4.07. The lowest BCUT2D eigenvalue weighted by Crippen LogP contribution is -2.43. The fraction of sp³-hybridized carbons (Fsp3) is 0.462. The van der Waals surface area contributed by atoms with Gasteiger partial charge in [-0.1, -0.05) is 6.92 Å². The van der Waals surface area contributed by atoms with E-state index in [1.54, 1.807) is 11.3 Å². The molecule has 0 atom stereocenters. The molecule has 3 rings (SSSR count). The van der Waals surface area contributed by atoms with Gasteiger partial charge in [-0.05, 0) is 37.8 Å². The molecular formula is C13H16N2S2. The molecule has 2 N–H and O–H groups in total. The minimum absolute atomic E-state index is 0.117. The molecule has 1 aliphatic carbocycles. The van der Waals surface area contributed by atoms with Crippen LogP contribution in [-0.4, -0.2) is 4.98 Å². The summed E-state index contributed by atoms with van der Waals surface area (Å²) < 4.78 is 0. The average molecular weight is 264 g/mol. The van der Waals surface area contributed by atoms with Crippen LogP contribution in [0.4, 0.5) is 0 Å². The minimum atomic E-state index is -0.117. The van der Waals surface area contributed by atoms with Crippen molar-refractivity contribution in [2.24, 2.45) is 5.73 Å². The summed E-state index contributed by atoms with van der Waals surface area (Å²) in [5.41, 5.74) is 7.28. The third-order valence-corrected chi connectivity index (χ3v) is 5.75. The van der Waals surface area contributed by atoms with Crippen LogP contribution in [0.15, 0.2) is 17.5 Å². The van der Waals surface area contributed by atoms with E-state index in [0.29, 0.717) is 0 Å². The topological polar surface area (TPSA) is 38.9 Å². The van der Waals surface area contributed by atoms with Crippen LogP contribution in [0, 0.1) is 0 Å². The number of hydrogen-bond acceptors (Lipinski definition) is 4. The van der Waals surface area contributed by atoms with Crippen LogP contribution >= 0.6 is 22.7 Å². The van der Waals surface area contributed by atoms with E-state index in [1.807, 2.05) is 11.3 Å². The first-order chi connectivity index (χ1) is 8.21. The molecule has 0 amide bonds. The van der Waals surface area contributed by atoms with Crippen LogP contribution in [-0.2, 0) is 12.0 Å². The van der Waals surface area contributed by atoms with Gasteiger partial charge in [-0.15, -0.1) is 22.7 Å². The molecule has 2 aromatic heterocycles. The molecule has 17 heavy (non-hydrogen) atoms. The average Bonchev–Trinajstić information content (AvgIpc) is 2.94. The van der Waals surface area contributed by atoms with Gasteiger partial charge in [-0.3, -0.25) is 0 Å². The molecule has 1 saturated carbocycles. The fourth-order valence-electron chi connectivity index (χ4n) is 2.09. The van der Waals surface area contributed by atoms with Crippen LogP contribution in [0.3, 0.4) is 0 Å². The molecule has 0 saturated heterocycles. The molecule has 0 spiro atoms. The Bertz CT molecular complexity index is 523. The van der Waals surface area contributed by atoms with E-state index in [1.165, 1.54) is 16.2 Å². The maximum Gasteiger partial charge on any atom is 0.113 e. The second-order valence-electron chi connectivity index (χ2n) is 4.67. The summed E-state index contributed by atoms with van der Waals surface area (Å²) in [5, 5.41) is 3.26. The summed E-state index contributed by atoms with van der Waals surface area (Å²) in [6, 6.07) is 4.37. The molecule has 90 valence electrons. The summed E-state index contributed by atoms with van der Waals surface area (Å²) >= 11 is 3.55. The highest BCUT2D eigenvalue weighted by Gasteiger charge is 2.37. The summed E-state index contributed by atoms with van der Waals surface area (Å²) in [6.07, 6.45) is 4.52. The van der Waals surface area contributed by atoms with Gasteiger partial charge in [-0.25, -0.2) is 4.98 Å². The first-order valence-electron chi connectivity index (χ1n) is 6.05. The lowest BCUT2D eigenvalue weighted by molar-refractivity contribution is 0.253. The van der Waals surface area contributed by atoms with Gasteiger partial charge in [0.2, 0.25) is 0 Å². The maximum atomic E-state index is 6.30. The van der Waals surface area contributed by atoms with Crippen molar-refractivity contribution < 1.29 is 0 Å². The molecule has 0 unspecified atom stereocenters. The smallest absolute Gasteiger partial charge is 0.113 e. The van der Waals surface area contributed by atoms with E-state index in [9.17, 15) is 0 Å². The van der Waals surface area contributed by atoms with E-state index < -0.39 is 0 Å². The number of thiazole rings is 1. The minimum Gasteiger partial charge on any atom is -0.319 e. The monoisotopic (exact) mass is 264 g/mol. The van der Waals surface area contributed by atoms with Crippen LogP contribution in [0.25, 0.3) is 10.6 Å². The lowest BCUT2D eigenvalue weighted by atomic mass is 9.78. The van der Waals surface area contributed by atoms with Crippen molar-refractivity contribution in [2.45, 2.75) is 38.1 Å². The number of hydrogen-bond donors (Lipinski definition) is 1. The number of aryl methyl sites for hydroxylation is 1. The molecule has 0 aliphatic heterocycles. The SMILES string of the molecule is CCc1ccc(-c2csc(C3(N)CCC3)n2)s1. The zero-order chi connectivity index (χ0) is 11.9. The Balaban J connectivity index is 1.89. The third-order valence-electron chi connectivity index (χ3n) is 3.44. The molecule has 2 heterocycles. The van der Waals surface area contributed by atoms with Crippen molar-refractivity contribution in [2.75, 3.05) is 0 Å². The van der Waals surface area contributed by atoms with Crippen molar-refractivity contribution in [1.29, 1.82) is 0 Å². The zero-order valence-electron chi connectivity index (χ0n) is 9.90. The summed E-state index contributed by atoms with van der Waals surface area (Å²) in [4.78, 5) is 7.41. The van der Waals surface area contributed by atoms with Gasteiger partial charge in [0.25, 0.3) is 0 Å². The first-order valence-corrected chi connectivity index (χ1v) is 7.75. The normalized spacial score (nSPS) is 18.0. The number of nitrogens with two attached hydrogens (primary N) is 1. The van der Waals surface area contributed by atoms with Crippen LogP contribution < -0.4 is 5.73 Å². The van der Waals surface area contributed by atoms with Crippen molar-refractivity contribution in [3.63, 3.8) is 0 Å². The highest BCUT2D eigenvalue weighted by Crippen LogP contribution is 2.41. The van der Waals surface area contributed by atoms with Crippen molar-refractivity contribution >= 4 is 22.7 Å². The highest BCUT2D eigenvalue weighted by atomic mass is 32.1. The number of nitrogens with zero attached hydrogens (tertiary/aromatic N) is 1. The molecule has 2 nitrogen and oxygen atoms in total. The summed E-state index contributed by atoms with van der Waals surface area (Å²) in [5.74, 6) is 0. The van der Waals surface area contributed by atoms with Gasteiger partial charge in [0.1, 0.15) is 5.01 Å².